The first-order chi connectivity index (χ1) is 24.4. The lowest BCUT2D eigenvalue weighted by Gasteiger charge is -2.55. The van der Waals surface area contributed by atoms with E-state index >= 15 is 0 Å². The summed E-state index contributed by atoms with van der Waals surface area (Å²) in [5, 5.41) is 14.9. The van der Waals surface area contributed by atoms with Crippen molar-refractivity contribution >= 4 is 17.8 Å². The Kier molecular flexibility index (Phi) is 9.67. The maximum absolute atomic E-state index is 14.7. The van der Waals surface area contributed by atoms with E-state index in [9.17, 15) is 14.7 Å². The van der Waals surface area contributed by atoms with Crippen LogP contribution in [-0.4, -0.2) is 75.2 Å². The van der Waals surface area contributed by atoms with Crippen LogP contribution in [0.25, 0.3) is 11.1 Å². The van der Waals surface area contributed by atoms with Gasteiger partial charge in [0.25, 0.3) is 0 Å². The van der Waals surface area contributed by atoms with Crippen LogP contribution >= 0.6 is 0 Å². The first-order valence-electron chi connectivity index (χ1n) is 19.0. The van der Waals surface area contributed by atoms with Crippen molar-refractivity contribution in [2.45, 2.75) is 121 Å². The number of ether oxygens (including phenoxy) is 2. The van der Waals surface area contributed by atoms with Crippen LogP contribution < -0.4 is 9.64 Å². The van der Waals surface area contributed by atoms with E-state index in [-0.39, 0.29) is 40.9 Å². The van der Waals surface area contributed by atoms with Gasteiger partial charge in [-0.05, 0) is 144 Å². The number of methoxy groups -OCH3 is 1. The van der Waals surface area contributed by atoms with Crippen molar-refractivity contribution in [2.75, 3.05) is 31.6 Å². The van der Waals surface area contributed by atoms with Crippen molar-refractivity contribution in [3.05, 3.63) is 60.0 Å². The second-order valence-corrected chi connectivity index (χ2v) is 16.6. The third kappa shape index (κ3) is 7.26. The van der Waals surface area contributed by atoms with Crippen LogP contribution in [-0.2, 0) is 14.9 Å². The average Bonchev–Trinajstić information content (AvgIpc) is 3.79. The number of β-amino-alcohol motifs (C(OH)–C–C–N with tert-alkyl or cyclic N) is 1. The van der Waals surface area contributed by atoms with E-state index in [0.29, 0.717) is 57.6 Å². The molecule has 2 aromatic heterocycles. The monoisotopic (exact) mass is 697 g/mol. The van der Waals surface area contributed by atoms with Crippen LogP contribution in [0.2, 0.25) is 0 Å². The van der Waals surface area contributed by atoms with Crippen molar-refractivity contribution < 1.29 is 24.2 Å². The summed E-state index contributed by atoms with van der Waals surface area (Å²) in [7, 11) is 1.73. The van der Waals surface area contributed by atoms with Crippen molar-refractivity contribution in [3.63, 3.8) is 0 Å². The molecule has 3 heterocycles. The second kappa shape index (κ2) is 13.9. The van der Waals surface area contributed by atoms with Crippen LogP contribution in [0.15, 0.2) is 48.9 Å². The summed E-state index contributed by atoms with van der Waals surface area (Å²) >= 11 is 0. The molecular formula is C41H55N5O5. The quantitative estimate of drug-likeness (QED) is 0.245. The molecule has 1 aromatic carbocycles. The molecule has 2 bridgehead atoms. The number of aromatic nitrogens is 3. The minimum absolute atomic E-state index is 0.0444. The van der Waals surface area contributed by atoms with Crippen molar-refractivity contribution in [1.82, 2.24) is 19.7 Å². The van der Waals surface area contributed by atoms with Gasteiger partial charge in [-0.1, -0.05) is 12.1 Å². The number of amides is 2. The Morgan fingerprint density at radius 3 is 2.33 bits per heavy atom. The van der Waals surface area contributed by atoms with Gasteiger partial charge in [0.1, 0.15) is 17.7 Å². The Morgan fingerprint density at radius 1 is 1.00 bits per heavy atom. The van der Waals surface area contributed by atoms with Gasteiger partial charge >= 0.3 is 6.09 Å². The average molecular weight is 698 g/mol. The molecule has 1 N–H and O–H groups in total. The second-order valence-electron chi connectivity index (χ2n) is 16.6. The predicted octanol–water partition coefficient (Wildman–Crippen LogP) is 7.62. The Hall–Kier alpha value is -3.92. The molecule has 4 saturated carbocycles. The van der Waals surface area contributed by atoms with Crippen molar-refractivity contribution in [2.24, 2.45) is 11.3 Å². The summed E-state index contributed by atoms with van der Waals surface area (Å²) in [6, 6.07) is 11.0. The minimum atomic E-state index is -0.862. The van der Waals surface area contributed by atoms with E-state index in [1.807, 2.05) is 28.0 Å². The molecule has 1 atom stereocenters. The zero-order chi connectivity index (χ0) is 36.0. The zero-order valence-electron chi connectivity index (χ0n) is 31.1. The van der Waals surface area contributed by atoms with E-state index in [0.717, 1.165) is 55.4 Å². The Bertz CT molecular complexity index is 1720. The molecule has 2 amide bonds. The van der Waals surface area contributed by atoms with Gasteiger partial charge in [-0.3, -0.25) is 14.4 Å². The maximum atomic E-state index is 14.7. The molecule has 51 heavy (non-hydrogen) atoms. The zero-order valence-corrected chi connectivity index (χ0v) is 31.1. The lowest BCUT2D eigenvalue weighted by atomic mass is 9.51. The number of nitrogens with zero attached hydrogens (tertiary/aromatic N) is 5. The molecule has 1 saturated heterocycles. The third-order valence-electron chi connectivity index (χ3n) is 12.7. The van der Waals surface area contributed by atoms with Crippen LogP contribution in [0.3, 0.4) is 0 Å². The van der Waals surface area contributed by atoms with Crippen LogP contribution in [0, 0.1) is 18.3 Å². The number of pyridine rings is 1. The lowest BCUT2D eigenvalue weighted by Crippen LogP contribution is -2.52. The molecule has 8 rings (SSSR count). The van der Waals surface area contributed by atoms with Gasteiger partial charge in [0.2, 0.25) is 5.91 Å². The summed E-state index contributed by atoms with van der Waals surface area (Å²) < 4.78 is 13.4. The number of aliphatic hydroxyl groups is 1. The number of carbonyl (C=O) groups is 2. The van der Waals surface area contributed by atoms with Crippen molar-refractivity contribution in [1.29, 1.82) is 0 Å². The van der Waals surface area contributed by atoms with E-state index in [2.05, 4.69) is 56.3 Å². The highest BCUT2D eigenvalue weighted by Crippen LogP contribution is 2.58. The highest BCUT2D eigenvalue weighted by Gasteiger charge is 2.51. The summed E-state index contributed by atoms with van der Waals surface area (Å²) in [4.78, 5) is 36.0. The largest absolute Gasteiger partial charge is 0.496 e. The number of hydrogen-bond donors (Lipinski definition) is 1. The van der Waals surface area contributed by atoms with Crippen LogP contribution in [0.4, 0.5) is 10.6 Å². The number of carbonyl (C=O) groups excluding carboxylic acids is 2. The van der Waals surface area contributed by atoms with Gasteiger partial charge in [0, 0.05) is 43.0 Å². The fourth-order valence-corrected chi connectivity index (χ4v) is 9.23. The molecule has 0 spiro atoms. The van der Waals surface area contributed by atoms with E-state index in [4.69, 9.17) is 14.5 Å². The summed E-state index contributed by atoms with van der Waals surface area (Å²) in [5.74, 6) is 1.60. The molecule has 10 nitrogen and oxygen atoms in total. The first kappa shape index (κ1) is 35.5. The summed E-state index contributed by atoms with van der Waals surface area (Å²) in [6.07, 6.45) is 15.0. The third-order valence-corrected chi connectivity index (χ3v) is 12.7. The Morgan fingerprint density at radius 2 is 1.73 bits per heavy atom. The SMILES string of the molecule is COc1ccc(C23CCC(CN(C(=O)C4CCC(OC(=O)N5CCC(C)(O)C5)CC4)c4cc(-c5cnn(C(C)C)c5)ccn4)(CC2)CC3)cc1C. The molecule has 4 aliphatic carbocycles. The van der Waals surface area contributed by atoms with Crippen LogP contribution in [0.5, 0.6) is 5.75 Å². The number of benzene rings is 1. The van der Waals surface area contributed by atoms with Crippen molar-refractivity contribution in [3.8, 4) is 16.9 Å². The van der Waals surface area contributed by atoms with E-state index in [1.54, 1.807) is 18.9 Å². The smallest absolute Gasteiger partial charge is 0.410 e. The topological polar surface area (TPSA) is 110 Å². The minimum Gasteiger partial charge on any atom is -0.496 e. The molecular weight excluding hydrogens is 642 g/mol. The van der Waals surface area contributed by atoms with E-state index < -0.39 is 5.60 Å². The molecule has 10 heteroatoms. The summed E-state index contributed by atoms with van der Waals surface area (Å²) in [5.41, 5.74) is 3.98. The highest BCUT2D eigenvalue weighted by molar-refractivity contribution is 5.95. The highest BCUT2D eigenvalue weighted by atomic mass is 16.6. The molecule has 5 aliphatic rings. The predicted molar refractivity (Wildman–Crippen MR) is 197 cm³/mol. The normalized spacial score (nSPS) is 29.0. The summed E-state index contributed by atoms with van der Waals surface area (Å²) in [6.45, 7) is 9.56. The number of aryl methyl sites for hydroxylation is 1. The molecule has 274 valence electrons. The Balaban J connectivity index is 1.09. The maximum Gasteiger partial charge on any atom is 0.410 e. The Labute approximate surface area is 302 Å². The van der Waals surface area contributed by atoms with Gasteiger partial charge in [-0.25, -0.2) is 9.78 Å². The first-order valence-corrected chi connectivity index (χ1v) is 19.0. The fourth-order valence-electron chi connectivity index (χ4n) is 9.23. The van der Waals surface area contributed by atoms with Gasteiger partial charge < -0.3 is 19.5 Å². The number of fused-ring (bicyclic) bond motifs is 3. The molecule has 1 unspecified atom stereocenters. The standard InChI is InChI=1S/C41H55N5O5/c1-28(2)46-25-32(24-43-46)31-12-20-42-36(23-31)45(37(47)30-6-9-34(10-7-30)51-38(48)44-21-19-39(4,49)26-44)27-40-13-16-41(17-14-40,18-15-40)33-8-11-35(50-5)29(3)22-33/h8,11-12,20,22-25,28,30,34,49H,6-7,9-10,13-19,21,26-27H2,1-5H3. The number of likely N-dealkylation sites (tertiary alicyclic amines) is 1. The molecule has 0 radical (unpaired) electrons. The van der Waals surface area contributed by atoms with Gasteiger partial charge in [0.15, 0.2) is 0 Å². The molecule has 3 aromatic rings. The van der Waals surface area contributed by atoms with Gasteiger partial charge in [0.05, 0.1) is 25.5 Å². The number of anilines is 1. The lowest BCUT2D eigenvalue weighted by molar-refractivity contribution is -0.124. The number of rotatable bonds is 9. The van der Waals surface area contributed by atoms with Crippen LogP contribution in [0.1, 0.15) is 109 Å². The fraction of sp³-hybridized carbons (Fsp3) is 0.610. The number of hydrogen-bond acceptors (Lipinski definition) is 7. The van der Waals surface area contributed by atoms with Gasteiger partial charge in [-0.15, -0.1) is 0 Å². The van der Waals surface area contributed by atoms with E-state index in [1.165, 1.54) is 11.1 Å². The van der Waals surface area contributed by atoms with Gasteiger partial charge in [-0.2, -0.15) is 5.10 Å². The molecule has 1 aliphatic heterocycles. The molecule has 5 fully saturated rings.